The number of hydrogen-bond donors (Lipinski definition) is 1. The van der Waals surface area contributed by atoms with E-state index >= 15 is 0 Å². The molecule has 1 aliphatic rings. The van der Waals surface area contributed by atoms with E-state index in [0.29, 0.717) is 12.1 Å². The van der Waals surface area contributed by atoms with Crippen LogP contribution < -0.4 is 5.73 Å². The Bertz CT molecular complexity index is 194. The highest BCUT2D eigenvalue weighted by Crippen LogP contribution is 2.22. The average Bonchev–Trinajstić information content (AvgIpc) is 2.61. The first-order valence-electron chi connectivity index (χ1n) is 5.98. The van der Waals surface area contributed by atoms with Gasteiger partial charge in [-0.2, -0.15) is 0 Å². The van der Waals surface area contributed by atoms with Gasteiger partial charge in [-0.3, -0.25) is 0 Å². The maximum Gasteiger partial charge on any atom is 0.0702 e. The van der Waals surface area contributed by atoms with Gasteiger partial charge in [0.25, 0.3) is 0 Å². The van der Waals surface area contributed by atoms with Crippen molar-refractivity contribution in [1.29, 1.82) is 0 Å². The minimum Gasteiger partial charge on any atom is -0.377 e. The molecule has 0 aromatic rings. The molecule has 0 amide bonds. The predicted octanol–water partition coefficient (Wildman–Crippen LogP) is 1.47. The molecule has 2 N–H and O–H groups in total. The van der Waals surface area contributed by atoms with Crippen molar-refractivity contribution in [2.75, 3.05) is 26.7 Å². The van der Waals surface area contributed by atoms with E-state index < -0.39 is 0 Å². The zero-order chi connectivity index (χ0) is 11.5. The van der Waals surface area contributed by atoms with E-state index in [1.54, 1.807) is 0 Å². The SMILES string of the molecule is CC1OCCC1N(C)CCC(C)(C)CN. The van der Waals surface area contributed by atoms with Crippen LogP contribution in [0, 0.1) is 5.41 Å². The van der Waals surface area contributed by atoms with Gasteiger partial charge in [0.2, 0.25) is 0 Å². The van der Waals surface area contributed by atoms with Crippen molar-refractivity contribution >= 4 is 0 Å². The minimum atomic E-state index is 0.261. The second-order valence-corrected chi connectivity index (χ2v) is 5.53. The Kier molecular flexibility index (Phi) is 4.56. The average molecular weight is 214 g/mol. The summed E-state index contributed by atoms with van der Waals surface area (Å²) >= 11 is 0. The molecular formula is C12H26N2O. The van der Waals surface area contributed by atoms with E-state index in [4.69, 9.17) is 10.5 Å². The highest BCUT2D eigenvalue weighted by Gasteiger charge is 2.28. The summed E-state index contributed by atoms with van der Waals surface area (Å²) in [5.74, 6) is 0. The first-order valence-corrected chi connectivity index (χ1v) is 5.98. The quantitative estimate of drug-likeness (QED) is 0.753. The van der Waals surface area contributed by atoms with Crippen molar-refractivity contribution in [3.05, 3.63) is 0 Å². The number of rotatable bonds is 5. The maximum atomic E-state index is 5.73. The number of nitrogens with two attached hydrogens (primary N) is 1. The van der Waals surface area contributed by atoms with Gasteiger partial charge in [0.15, 0.2) is 0 Å². The third kappa shape index (κ3) is 3.74. The lowest BCUT2D eigenvalue weighted by Crippen LogP contribution is -2.39. The summed E-state index contributed by atoms with van der Waals surface area (Å²) in [5.41, 5.74) is 5.99. The van der Waals surface area contributed by atoms with Crippen LogP contribution in [0.5, 0.6) is 0 Å². The largest absolute Gasteiger partial charge is 0.377 e. The summed E-state index contributed by atoms with van der Waals surface area (Å²) in [4.78, 5) is 2.43. The summed E-state index contributed by atoms with van der Waals surface area (Å²) < 4.78 is 5.58. The molecule has 0 aromatic heterocycles. The van der Waals surface area contributed by atoms with Gasteiger partial charge >= 0.3 is 0 Å². The molecule has 1 rings (SSSR count). The Balaban J connectivity index is 2.32. The summed E-state index contributed by atoms with van der Waals surface area (Å²) in [6, 6.07) is 0.596. The zero-order valence-electron chi connectivity index (χ0n) is 10.6. The van der Waals surface area contributed by atoms with Gasteiger partial charge in [-0.05, 0) is 45.3 Å². The molecule has 0 radical (unpaired) electrons. The second-order valence-electron chi connectivity index (χ2n) is 5.53. The maximum absolute atomic E-state index is 5.73. The van der Waals surface area contributed by atoms with Crippen LogP contribution in [0.2, 0.25) is 0 Å². The van der Waals surface area contributed by atoms with E-state index in [-0.39, 0.29) is 5.41 Å². The van der Waals surface area contributed by atoms with Crippen molar-refractivity contribution in [3.8, 4) is 0 Å². The molecule has 0 spiro atoms. The Labute approximate surface area is 94.0 Å². The minimum absolute atomic E-state index is 0.261. The van der Waals surface area contributed by atoms with Crippen molar-refractivity contribution in [2.45, 2.75) is 45.8 Å². The molecule has 1 fully saturated rings. The van der Waals surface area contributed by atoms with Crippen LogP contribution in [0.1, 0.15) is 33.6 Å². The lowest BCUT2D eigenvalue weighted by Gasteiger charge is -2.30. The molecule has 1 heterocycles. The van der Waals surface area contributed by atoms with Gasteiger partial charge in [0.05, 0.1) is 6.10 Å². The fourth-order valence-corrected chi connectivity index (χ4v) is 2.05. The van der Waals surface area contributed by atoms with Crippen molar-refractivity contribution in [2.24, 2.45) is 11.1 Å². The summed E-state index contributed by atoms with van der Waals surface area (Å²) in [6.45, 7) is 9.42. The van der Waals surface area contributed by atoms with Crippen LogP contribution in [-0.4, -0.2) is 43.8 Å². The lowest BCUT2D eigenvalue weighted by molar-refractivity contribution is 0.0795. The van der Waals surface area contributed by atoms with Gasteiger partial charge in [-0.15, -0.1) is 0 Å². The van der Waals surface area contributed by atoms with Crippen LogP contribution in [-0.2, 0) is 4.74 Å². The van der Waals surface area contributed by atoms with Crippen molar-refractivity contribution in [1.82, 2.24) is 4.90 Å². The molecule has 0 bridgehead atoms. The number of ether oxygens (including phenoxy) is 1. The van der Waals surface area contributed by atoms with E-state index in [1.807, 2.05) is 0 Å². The zero-order valence-corrected chi connectivity index (χ0v) is 10.6. The van der Waals surface area contributed by atoms with Gasteiger partial charge < -0.3 is 15.4 Å². The fraction of sp³-hybridized carbons (Fsp3) is 1.00. The molecule has 1 saturated heterocycles. The van der Waals surface area contributed by atoms with Gasteiger partial charge in [-0.25, -0.2) is 0 Å². The summed E-state index contributed by atoms with van der Waals surface area (Å²) in [5, 5.41) is 0. The van der Waals surface area contributed by atoms with E-state index in [2.05, 4.69) is 32.7 Å². The first kappa shape index (κ1) is 12.9. The van der Waals surface area contributed by atoms with Crippen LogP contribution in [0.15, 0.2) is 0 Å². The number of nitrogens with zero attached hydrogens (tertiary/aromatic N) is 1. The molecule has 0 aromatic carbocycles. The van der Waals surface area contributed by atoms with Gasteiger partial charge in [0, 0.05) is 12.6 Å². The Hall–Kier alpha value is -0.120. The van der Waals surface area contributed by atoms with Gasteiger partial charge in [-0.1, -0.05) is 13.8 Å². The molecule has 0 aliphatic carbocycles. The first-order chi connectivity index (χ1) is 6.96. The molecule has 1 aliphatic heterocycles. The molecule has 0 saturated carbocycles. The molecule has 90 valence electrons. The molecular weight excluding hydrogens is 188 g/mol. The topological polar surface area (TPSA) is 38.5 Å². The Morgan fingerprint density at radius 2 is 2.13 bits per heavy atom. The monoisotopic (exact) mass is 214 g/mol. The molecule has 3 nitrogen and oxygen atoms in total. The predicted molar refractivity (Wildman–Crippen MR) is 63.9 cm³/mol. The van der Waals surface area contributed by atoms with E-state index in [9.17, 15) is 0 Å². The molecule has 2 unspecified atom stereocenters. The summed E-state index contributed by atoms with van der Waals surface area (Å²) in [6.07, 6.45) is 2.71. The second kappa shape index (κ2) is 5.28. The van der Waals surface area contributed by atoms with Crippen molar-refractivity contribution < 1.29 is 4.74 Å². The lowest BCUT2D eigenvalue weighted by atomic mass is 9.89. The van der Waals surface area contributed by atoms with Crippen LogP contribution in [0.25, 0.3) is 0 Å². The number of likely N-dealkylation sites (N-methyl/N-ethyl adjacent to an activating group) is 1. The Morgan fingerprint density at radius 3 is 2.60 bits per heavy atom. The van der Waals surface area contributed by atoms with Crippen LogP contribution in [0.4, 0.5) is 0 Å². The Morgan fingerprint density at radius 1 is 1.47 bits per heavy atom. The summed E-state index contributed by atoms with van der Waals surface area (Å²) in [7, 11) is 2.20. The van der Waals surface area contributed by atoms with Crippen LogP contribution in [0.3, 0.4) is 0 Å². The smallest absolute Gasteiger partial charge is 0.0702 e. The van der Waals surface area contributed by atoms with Crippen molar-refractivity contribution in [3.63, 3.8) is 0 Å². The van der Waals surface area contributed by atoms with Gasteiger partial charge in [0.1, 0.15) is 0 Å². The molecule has 3 heteroatoms. The third-order valence-electron chi connectivity index (χ3n) is 3.60. The highest BCUT2D eigenvalue weighted by atomic mass is 16.5. The normalized spacial score (nSPS) is 27.6. The fourth-order valence-electron chi connectivity index (χ4n) is 2.05. The number of hydrogen-bond acceptors (Lipinski definition) is 3. The third-order valence-corrected chi connectivity index (χ3v) is 3.60. The highest BCUT2D eigenvalue weighted by molar-refractivity contribution is 4.81. The standard InChI is InChI=1S/C12H26N2O/c1-10-11(5-8-15-10)14(4)7-6-12(2,3)9-13/h10-11H,5-9,13H2,1-4H3. The molecule has 15 heavy (non-hydrogen) atoms. The van der Waals surface area contributed by atoms with E-state index in [0.717, 1.165) is 26.1 Å². The molecule has 2 atom stereocenters. The van der Waals surface area contributed by atoms with Crippen LogP contribution >= 0.6 is 0 Å². The van der Waals surface area contributed by atoms with E-state index in [1.165, 1.54) is 6.42 Å².